The topological polar surface area (TPSA) is 23.6 Å². The molecule has 0 radical (unpaired) electrons. The van der Waals surface area contributed by atoms with Gasteiger partial charge in [-0.15, -0.1) is 0 Å². The zero-order chi connectivity index (χ0) is 15.0. The van der Waals surface area contributed by atoms with Crippen molar-refractivity contribution in [3.8, 4) is 0 Å². The summed E-state index contributed by atoms with van der Waals surface area (Å²) in [6, 6.07) is 6.83. The molecule has 2 fully saturated rings. The van der Waals surface area contributed by atoms with Crippen LogP contribution in [0.5, 0.6) is 0 Å². The van der Waals surface area contributed by atoms with E-state index in [2.05, 4.69) is 32.7 Å². The molecule has 0 spiro atoms. The van der Waals surface area contributed by atoms with Crippen LogP contribution in [0, 0.1) is 6.92 Å². The molecule has 2 saturated heterocycles. The van der Waals surface area contributed by atoms with Crippen LogP contribution in [0.25, 0.3) is 0 Å². The summed E-state index contributed by atoms with van der Waals surface area (Å²) < 4.78 is 0.981. The number of piperidine rings is 1. The number of amides is 1. The number of fused-ring (bicyclic) bond motifs is 1. The van der Waals surface area contributed by atoms with Crippen LogP contribution < -0.4 is 0 Å². The Morgan fingerprint density at radius 1 is 1.24 bits per heavy atom. The number of piperazine rings is 1. The summed E-state index contributed by atoms with van der Waals surface area (Å²) in [6.45, 7) is 7.31. The molecule has 2 aliphatic rings. The van der Waals surface area contributed by atoms with E-state index in [1.165, 1.54) is 25.8 Å². The minimum atomic E-state index is 0.178. The Kier molecular flexibility index (Phi) is 4.36. The number of aryl methyl sites for hydroxylation is 1. The molecule has 2 heterocycles. The van der Waals surface area contributed by atoms with Gasteiger partial charge in [-0.05, 0) is 57.0 Å². The van der Waals surface area contributed by atoms with E-state index in [4.69, 9.17) is 0 Å². The monoisotopic (exact) mass is 350 g/mol. The molecule has 0 N–H and O–H groups in total. The lowest BCUT2D eigenvalue weighted by Crippen LogP contribution is -2.60. The lowest BCUT2D eigenvalue weighted by Gasteiger charge is -2.47. The molecule has 0 aliphatic carbocycles. The normalized spacial score (nSPS) is 26.5. The van der Waals surface area contributed by atoms with Gasteiger partial charge in [0.2, 0.25) is 0 Å². The zero-order valence-corrected chi connectivity index (χ0v) is 14.4. The highest BCUT2D eigenvalue weighted by Crippen LogP contribution is 2.26. The first-order chi connectivity index (χ1) is 10.0. The van der Waals surface area contributed by atoms with Crippen molar-refractivity contribution in [1.82, 2.24) is 9.80 Å². The molecule has 3 rings (SSSR count). The summed E-state index contributed by atoms with van der Waals surface area (Å²) >= 11 is 3.50. The number of hydrogen-bond acceptors (Lipinski definition) is 2. The summed E-state index contributed by atoms with van der Waals surface area (Å²) in [5.41, 5.74) is 1.93. The fourth-order valence-electron chi connectivity index (χ4n) is 3.66. The third kappa shape index (κ3) is 3.16. The summed E-state index contributed by atoms with van der Waals surface area (Å²) in [7, 11) is 0. The average Bonchev–Trinajstić information content (AvgIpc) is 2.44. The van der Waals surface area contributed by atoms with Gasteiger partial charge in [-0.1, -0.05) is 22.4 Å². The molecular formula is C17H23BrN2O. The Morgan fingerprint density at radius 3 is 2.81 bits per heavy atom. The van der Waals surface area contributed by atoms with Crippen molar-refractivity contribution in [3.63, 3.8) is 0 Å². The molecule has 0 bridgehead atoms. The van der Waals surface area contributed by atoms with Crippen molar-refractivity contribution in [2.75, 3.05) is 19.6 Å². The quantitative estimate of drug-likeness (QED) is 0.774. The van der Waals surface area contributed by atoms with Crippen LogP contribution in [0.1, 0.15) is 42.1 Å². The maximum atomic E-state index is 12.9. The Hall–Kier alpha value is -0.870. The number of rotatable bonds is 1. The van der Waals surface area contributed by atoms with E-state index in [1.807, 2.05) is 25.1 Å². The fraction of sp³-hybridized carbons (Fsp3) is 0.588. The number of nitrogens with zero attached hydrogens (tertiary/aromatic N) is 2. The number of benzene rings is 1. The van der Waals surface area contributed by atoms with E-state index in [0.29, 0.717) is 12.1 Å². The van der Waals surface area contributed by atoms with Crippen LogP contribution in [0.2, 0.25) is 0 Å². The molecule has 1 amide bonds. The minimum Gasteiger partial charge on any atom is -0.333 e. The molecule has 1 aromatic rings. The number of hydrogen-bond donors (Lipinski definition) is 0. The lowest BCUT2D eigenvalue weighted by atomic mass is 9.96. The van der Waals surface area contributed by atoms with Crippen molar-refractivity contribution < 1.29 is 4.79 Å². The van der Waals surface area contributed by atoms with Gasteiger partial charge in [-0.3, -0.25) is 9.69 Å². The van der Waals surface area contributed by atoms with Crippen LogP contribution in [-0.4, -0.2) is 47.4 Å². The van der Waals surface area contributed by atoms with Crippen molar-refractivity contribution in [3.05, 3.63) is 33.8 Å². The summed E-state index contributed by atoms with van der Waals surface area (Å²) in [5.74, 6) is 0.178. The summed E-state index contributed by atoms with van der Waals surface area (Å²) in [5, 5.41) is 0. The van der Waals surface area contributed by atoms with E-state index in [0.717, 1.165) is 28.7 Å². The second kappa shape index (κ2) is 6.09. The molecule has 2 aliphatic heterocycles. The predicted octanol–water partition coefficient (Wildman–Crippen LogP) is 3.46. The van der Waals surface area contributed by atoms with Gasteiger partial charge in [-0.2, -0.15) is 0 Å². The smallest absolute Gasteiger partial charge is 0.254 e. The lowest BCUT2D eigenvalue weighted by molar-refractivity contribution is 0.0151. The third-order valence-corrected chi connectivity index (χ3v) is 5.20. The highest BCUT2D eigenvalue weighted by atomic mass is 79.9. The Morgan fingerprint density at radius 2 is 2.05 bits per heavy atom. The second-order valence-corrected chi connectivity index (χ2v) is 7.38. The van der Waals surface area contributed by atoms with E-state index < -0.39 is 0 Å². The van der Waals surface area contributed by atoms with Crippen LogP contribution in [0.3, 0.4) is 0 Å². The molecule has 3 nitrogen and oxygen atoms in total. The number of carbonyl (C=O) groups is 1. The van der Waals surface area contributed by atoms with Gasteiger partial charge in [-0.25, -0.2) is 0 Å². The Bertz CT molecular complexity index is 525. The molecule has 114 valence electrons. The van der Waals surface area contributed by atoms with E-state index in [9.17, 15) is 4.79 Å². The van der Waals surface area contributed by atoms with Crippen LogP contribution >= 0.6 is 15.9 Å². The second-order valence-electron chi connectivity index (χ2n) is 6.47. The van der Waals surface area contributed by atoms with Gasteiger partial charge in [0.05, 0.1) is 0 Å². The first kappa shape index (κ1) is 15.0. The predicted molar refractivity (Wildman–Crippen MR) is 88.6 cm³/mol. The Labute approximate surface area is 135 Å². The standard InChI is InChI=1S/C17H23BrN2O/c1-12-7-14(9-15(18)8-12)17(21)20-11-16-5-3-4-6-19(16)10-13(20)2/h7-9,13,16H,3-6,10-11H2,1-2H3. The highest BCUT2D eigenvalue weighted by molar-refractivity contribution is 9.10. The van der Waals surface area contributed by atoms with Gasteiger partial charge in [0.25, 0.3) is 5.91 Å². The first-order valence-electron chi connectivity index (χ1n) is 7.87. The van der Waals surface area contributed by atoms with Gasteiger partial charge in [0, 0.05) is 35.2 Å². The van der Waals surface area contributed by atoms with E-state index in [1.54, 1.807) is 0 Å². The molecule has 4 heteroatoms. The van der Waals surface area contributed by atoms with Crippen LogP contribution in [0.15, 0.2) is 22.7 Å². The Balaban J connectivity index is 1.80. The van der Waals surface area contributed by atoms with E-state index >= 15 is 0 Å². The molecular weight excluding hydrogens is 328 g/mol. The first-order valence-corrected chi connectivity index (χ1v) is 8.66. The SMILES string of the molecule is Cc1cc(Br)cc(C(=O)N2CC3CCCCN3CC2C)c1. The van der Waals surface area contributed by atoms with Crippen molar-refractivity contribution in [1.29, 1.82) is 0 Å². The number of halogens is 1. The van der Waals surface area contributed by atoms with Crippen molar-refractivity contribution in [2.24, 2.45) is 0 Å². The largest absolute Gasteiger partial charge is 0.333 e. The molecule has 0 saturated carbocycles. The summed E-state index contributed by atoms with van der Waals surface area (Å²) in [4.78, 5) is 17.5. The fourth-order valence-corrected chi connectivity index (χ4v) is 4.27. The van der Waals surface area contributed by atoms with Gasteiger partial charge in [0.15, 0.2) is 0 Å². The third-order valence-electron chi connectivity index (χ3n) is 4.74. The van der Waals surface area contributed by atoms with Crippen LogP contribution in [0.4, 0.5) is 0 Å². The molecule has 1 aromatic carbocycles. The minimum absolute atomic E-state index is 0.178. The number of carbonyl (C=O) groups excluding carboxylic acids is 1. The zero-order valence-electron chi connectivity index (χ0n) is 12.8. The van der Waals surface area contributed by atoms with Gasteiger partial charge >= 0.3 is 0 Å². The molecule has 0 aromatic heterocycles. The molecule has 2 atom stereocenters. The van der Waals surface area contributed by atoms with Crippen molar-refractivity contribution >= 4 is 21.8 Å². The molecule has 21 heavy (non-hydrogen) atoms. The average molecular weight is 351 g/mol. The highest BCUT2D eigenvalue weighted by Gasteiger charge is 2.35. The summed E-state index contributed by atoms with van der Waals surface area (Å²) in [6.07, 6.45) is 3.84. The van der Waals surface area contributed by atoms with Gasteiger partial charge in [0.1, 0.15) is 0 Å². The molecule has 2 unspecified atom stereocenters. The van der Waals surface area contributed by atoms with E-state index in [-0.39, 0.29) is 5.91 Å². The van der Waals surface area contributed by atoms with Crippen molar-refractivity contribution in [2.45, 2.75) is 45.2 Å². The maximum Gasteiger partial charge on any atom is 0.254 e. The maximum absolute atomic E-state index is 12.9. The van der Waals surface area contributed by atoms with Gasteiger partial charge < -0.3 is 4.90 Å². The van der Waals surface area contributed by atoms with Crippen LogP contribution in [-0.2, 0) is 0 Å².